The summed E-state index contributed by atoms with van der Waals surface area (Å²) in [7, 11) is 0. The molecule has 0 unspecified atom stereocenters. The molecule has 4 aromatic rings. The van der Waals surface area contributed by atoms with Crippen LogP contribution in [0.5, 0.6) is 0 Å². The van der Waals surface area contributed by atoms with E-state index in [0.717, 1.165) is 43.3 Å². The lowest BCUT2D eigenvalue weighted by atomic mass is 9.90. The van der Waals surface area contributed by atoms with Gasteiger partial charge in [0.15, 0.2) is 11.6 Å². The molecule has 5 heterocycles. The maximum atomic E-state index is 15.1. The molecule has 1 aromatic carbocycles. The summed E-state index contributed by atoms with van der Waals surface area (Å²) in [5.41, 5.74) is 1.57. The molecule has 0 spiro atoms. The Bertz CT molecular complexity index is 1650. The third kappa shape index (κ3) is 5.39. The summed E-state index contributed by atoms with van der Waals surface area (Å²) in [6.07, 6.45) is 5.90. The Kier molecular flexibility index (Phi) is 6.86. The summed E-state index contributed by atoms with van der Waals surface area (Å²) >= 11 is 0. The average molecular weight is 576 g/mol. The molecular weight excluding hydrogens is 540 g/mol. The fourth-order valence-corrected chi connectivity index (χ4v) is 5.88. The standard InChI is InChI=1S/C31H35F2N7O2/c1-30(2,3)42-29(41)39-12-9-18(10-13-39)19-6-7-24(34-16-19)36-28-35-17-22(33)26(38-28)20-14-21(32)27-23(15-20)40-25(37-27)8-11-31(40,4)5/h6-7,14-18H,8-13H2,1-5H3,(H,34,35,36,38). The topological polar surface area (TPSA) is 98.1 Å². The lowest BCUT2D eigenvalue weighted by Gasteiger charge is -2.33. The molecule has 220 valence electrons. The molecule has 0 atom stereocenters. The summed E-state index contributed by atoms with van der Waals surface area (Å²) in [6, 6.07) is 6.83. The van der Waals surface area contributed by atoms with Gasteiger partial charge in [0.05, 0.1) is 11.7 Å². The smallest absolute Gasteiger partial charge is 0.410 e. The Hall–Kier alpha value is -4.15. The van der Waals surface area contributed by atoms with Crippen LogP contribution >= 0.6 is 0 Å². The molecular formula is C31H35F2N7O2. The molecule has 0 aliphatic carbocycles. The lowest BCUT2D eigenvalue weighted by molar-refractivity contribution is 0.0205. The number of hydrogen-bond acceptors (Lipinski definition) is 7. The van der Waals surface area contributed by atoms with E-state index in [1.54, 1.807) is 17.2 Å². The second-order valence-corrected chi connectivity index (χ2v) is 12.7. The monoisotopic (exact) mass is 575 g/mol. The number of likely N-dealkylation sites (tertiary alicyclic amines) is 1. The second kappa shape index (κ2) is 10.3. The van der Waals surface area contributed by atoms with Crippen LogP contribution in [0.3, 0.4) is 0 Å². The molecule has 42 heavy (non-hydrogen) atoms. The largest absolute Gasteiger partial charge is 0.444 e. The number of aryl methyl sites for hydroxylation is 1. The molecule has 6 rings (SSSR count). The summed E-state index contributed by atoms with van der Waals surface area (Å²) in [5, 5.41) is 3.04. The van der Waals surface area contributed by atoms with Gasteiger partial charge < -0.3 is 19.5 Å². The van der Waals surface area contributed by atoms with Crippen molar-refractivity contribution in [2.75, 3.05) is 18.4 Å². The molecule has 3 aromatic heterocycles. The molecule has 11 heteroatoms. The van der Waals surface area contributed by atoms with Crippen molar-refractivity contribution in [3.05, 3.63) is 59.7 Å². The molecule has 1 amide bonds. The van der Waals surface area contributed by atoms with E-state index in [1.807, 2.05) is 37.5 Å². The van der Waals surface area contributed by atoms with Crippen molar-refractivity contribution in [2.45, 2.75) is 77.4 Å². The summed E-state index contributed by atoms with van der Waals surface area (Å²) in [5.74, 6) is 0.595. The molecule has 1 fully saturated rings. The number of halogens is 2. The molecule has 1 saturated heterocycles. The Morgan fingerprint density at radius 1 is 1.05 bits per heavy atom. The highest BCUT2D eigenvalue weighted by molar-refractivity contribution is 5.83. The van der Waals surface area contributed by atoms with E-state index < -0.39 is 17.2 Å². The Balaban J connectivity index is 1.17. The highest BCUT2D eigenvalue weighted by Crippen LogP contribution is 2.38. The number of benzene rings is 1. The van der Waals surface area contributed by atoms with Crippen LogP contribution in [0.1, 0.15) is 71.2 Å². The lowest BCUT2D eigenvalue weighted by Crippen LogP contribution is -2.41. The van der Waals surface area contributed by atoms with Gasteiger partial charge in [-0.2, -0.15) is 0 Å². The maximum Gasteiger partial charge on any atom is 0.410 e. The summed E-state index contributed by atoms with van der Waals surface area (Å²) < 4.78 is 37.6. The van der Waals surface area contributed by atoms with Gasteiger partial charge in [0.2, 0.25) is 5.95 Å². The predicted octanol–water partition coefficient (Wildman–Crippen LogP) is 6.71. The number of carbonyl (C=O) groups is 1. The number of anilines is 2. The molecule has 0 saturated carbocycles. The zero-order valence-electron chi connectivity index (χ0n) is 24.5. The van der Waals surface area contributed by atoms with E-state index in [2.05, 4.69) is 39.1 Å². The molecule has 9 nitrogen and oxygen atoms in total. The minimum Gasteiger partial charge on any atom is -0.444 e. The van der Waals surface area contributed by atoms with Gasteiger partial charge >= 0.3 is 6.09 Å². The number of piperidine rings is 1. The van der Waals surface area contributed by atoms with Crippen LogP contribution in [0.2, 0.25) is 0 Å². The normalized spacial score (nSPS) is 17.0. The minimum atomic E-state index is -0.652. The van der Waals surface area contributed by atoms with Crippen molar-refractivity contribution in [2.24, 2.45) is 0 Å². The van der Waals surface area contributed by atoms with E-state index in [1.165, 1.54) is 6.07 Å². The molecule has 1 N–H and O–H groups in total. The SMILES string of the molecule is CC(C)(C)OC(=O)N1CCC(c2ccc(Nc3ncc(F)c(-c4cc(F)c5nc6n(c5c4)C(C)(C)CC6)n3)nc2)CC1. The number of pyridine rings is 1. The van der Waals surface area contributed by atoms with Crippen LogP contribution in [-0.2, 0) is 16.7 Å². The van der Waals surface area contributed by atoms with Crippen LogP contribution < -0.4 is 5.32 Å². The fourth-order valence-electron chi connectivity index (χ4n) is 5.88. The number of amides is 1. The van der Waals surface area contributed by atoms with E-state index in [-0.39, 0.29) is 34.7 Å². The average Bonchev–Trinajstić information content (AvgIpc) is 3.47. The van der Waals surface area contributed by atoms with Gasteiger partial charge in [-0.15, -0.1) is 0 Å². The van der Waals surface area contributed by atoms with Crippen molar-refractivity contribution in [1.82, 2.24) is 29.4 Å². The van der Waals surface area contributed by atoms with E-state index in [0.29, 0.717) is 30.0 Å². The van der Waals surface area contributed by atoms with Crippen LogP contribution in [0, 0.1) is 11.6 Å². The van der Waals surface area contributed by atoms with Crippen LogP contribution in [0.25, 0.3) is 22.3 Å². The fraction of sp³-hybridized carbons (Fsp3) is 0.452. The predicted molar refractivity (Wildman–Crippen MR) is 156 cm³/mol. The van der Waals surface area contributed by atoms with E-state index >= 15 is 4.39 Å². The number of rotatable bonds is 4. The van der Waals surface area contributed by atoms with E-state index in [9.17, 15) is 9.18 Å². The third-order valence-electron chi connectivity index (χ3n) is 8.01. The number of hydrogen-bond donors (Lipinski definition) is 1. The van der Waals surface area contributed by atoms with Gasteiger partial charge in [0, 0.05) is 36.8 Å². The first kappa shape index (κ1) is 28.0. The van der Waals surface area contributed by atoms with Gasteiger partial charge in [-0.05, 0) is 83.6 Å². The van der Waals surface area contributed by atoms with Crippen molar-refractivity contribution in [3.63, 3.8) is 0 Å². The number of nitrogens with zero attached hydrogens (tertiary/aromatic N) is 6. The van der Waals surface area contributed by atoms with Gasteiger partial charge in [-0.3, -0.25) is 0 Å². The number of aromatic nitrogens is 5. The second-order valence-electron chi connectivity index (χ2n) is 12.7. The molecule has 0 bridgehead atoms. The highest BCUT2D eigenvalue weighted by atomic mass is 19.1. The number of carbonyl (C=O) groups excluding carboxylic acids is 1. The van der Waals surface area contributed by atoms with Crippen LogP contribution in [-0.4, -0.2) is 54.2 Å². The number of fused-ring (bicyclic) bond motifs is 3. The zero-order valence-corrected chi connectivity index (χ0v) is 24.5. The van der Waals surface area contributed by atoms with Gasteiger partial charge in [0.1, 0.15) is 28.5 Å². The molecule has 0 radical (unpaired) electrons. The molecule has 2 aliphatic heterocycles. The Morgan fingerprint density at radius 2 is 1.81 bits per heavy atom. The van der Waals surface area contributed by atoms with Crippen molar-refractivity contribution >= 4 is 28.9 Å². The van der Waals surface area contributed by atoms with Crippen molar-refractivity contribution in [1.29, 1.82) is 0 Å². The zero-order chi connectivity index (χ0) is 29.8. The van der Waals surface area contributed by atoms with Crippen molar-refractivity contribution in [3.8, 4) is 11.3 Å². The number of nitrogens with one attached hydrogen (secondary N) is 1. The summed E-state index contributed by atoms with van der Waals surface area (Å²) in [4.78, 5) is 31.6. The van der Waals surface area contributed by atoms with Crippen LogP contribution in [0.4, 0.5) is 25.3 Å². The molecule has 2 aliphatic rings. The first-order valence-electron chi connectivity index (χ1n) is 14.3. The first-order valence-corrected chi connectivity index (χ1v) is 14.3. The quantitative estimate of drug-likeness (QED) is 0.289. The van der Waals surface area contributed by atoms with Gasteiger partial charge in [0.25, 0.3) is 0 Å². The number of imidazole rings is 1. The van der Waals surface area contributed by atoms with Gasteiger partial charge in [-0.1, -0.05) is 6.07 Å². The van der Waals surface area contributed by atoms with E-state index in [4.69, 9.17) is 4.74 Å². The maximum absolute atomic E-state index is 15.1. The highest BCUT2D eigenvalue weighted by Gasteiger charge is 2.33. The third-order valence-corrected chi connectivity index (χ3v) is 8.01. The van der Waals surface area contributed by atoms with Crippen molar-refractivity contribution < 1.29 is 18.3 Å². The Labute approximate surface area is 243 Å². The first-order chi connectivity index (χ1) is 19.9. The van der Waals surface area contributed by atoms with Gasteiger partial charge in [-0.25, -0.2) is 33.5 Å². The Morgan fingerprint density at radius 3 is 2.50 bits per heavy atom. The minimum absolute atomic E-state index is 0.00646. The van der Waals surface area contributed by atoms with Crippen LogP contribution in [0.15, 0.2) is 36.7 Å². The summed E-state index contributed by atoms with van der Waals surface area (Å²) in [6.45, 7) is 11.0. The number of ether oxygens (including phenoxy) is 1.